The Bertz CT molecular complexity index is 1040. The summed E-state index contributed by atoms with van der Waals surface area (Å²) in [5, 5.41) is 7.60. The van der Waals surface area contributed by atoms with Gasteiger partial charge in [-0.25, -0.2) is 24.6 Å². The number of thiazole rings is 1. The molecule has 26 heavy (non-hydrogen) atoms. The second-order valence-corrected chi connectivity index (χ2v) is 6.35. The van der Waals surface area contributed by atoms with Crippen LogP contribution in [0, 0.1) is 6.92 Å². The molecule has 0 spiro atoms. The number of nitrogens with one attached hydrogen (secondary N) is 1. The average Bonchev–Trinajstić information content (AvgIpc) is 3.32. The molecule has 0 fully saturated rings. The first-order valence-corrected chi connectivity index (χ1v) is 8.53. The molecule has 1 amide bonds. The summed E-state index contributed by atoms with van der Waals surface area (Å²) >= 11 is 1.35. The van der Waals surface area contributed by atoms with Crippen molar-refractivity contribution < 1.29 is 4.79 Å². The van der Waals surface area contributed by atoms with Gasteiger partial charge in [0.05, 0.1) is 5.69 Å². The molecule has 9 heteroatoms. The zero-order chi connectivity index (χ0) is 17.9. The van der Waals surface area contributed by atoms with Gasteiger partial charge in [-0.3, -0.25) is 4.79 Å². The fourth-order valence-corrected chi connectivity index (χ4v) is 3.32. The molecule has 0 saturated carbocycles. The van der Waals surface area contributed by atoms with Crippen molar-refractivity contribution >= 4 is 23.1 Å². The van der Waals surface area contributed by atoms with Crippen molar-refractivity contribution in [2.24, 2.45) is 0 Å². The van der Waals surface area contributed by atoms with Crippen molar-refractivity contribution in [2.45, 2.75) is 6.92 Å². The third-order valence-electron chi connectivity index (χ3n) is 3.57. The van der Waals surface area contributed by atoms with Gasteiger partial charge in [-0.1, -0.05) is 30.3 Å². The quantitative estimate of drug-likeness (QED) is 0.599. The molecule has 1 N–H and O–H groups in total. The molecule has 0 aliphatic heterocycles. The summed E-state index contributed by atoms with van der Waals surface area (Å²) in [6.45, 7) is 1.82. The summed E-state index contributed by atoms with van der Waals surface area (Å²) in [6.07, 6.45) is 4.29. The lowest BCUT2D eigenvalue weighted by molar-refractivity contribution is 0.102. The van der Waals surface area contributed by atoms with Crippen LogP contribution in [0.1, 0.15) is 15.4 Å². The predicted molar refractivity (Wildman–Crippen MR) is 97.2 cm³/mol. The maximum atomic E-state index is 12.6. The van der Waals surface area contributed by atoms with Crippen LogP contribution >= 0.6 is 11.3 Å². The Morgan fingerprint density at radius 3 is 2.77 bits per heavy atom. The van der Waals surface area contributed by atoms with Gasteiger partial charge in [-0.05, 0) is 6.92 Å². The van der Waals surface area contributed by atoms with Crippen LogP contribution in [0.5, 0.6) is 0 Å². The molecular weight excluding hydrogens is 350 g/mol. The maximum absolute atomic E-state index is 12.6. The lowest BCUT2D eigenvalue weighted by Gasteiger charge is -2.04. The largest absolute Gasteiger partial charge is 0.306 e. The Hall–Kier alpha value is -3.46. The highest BCUT2D eigenvalue weighted by Crippen LogP contribution is 2.28. The van der Waals surface area contributed by atoms with Crippen LogP contribution in [0.2, 0.25) is 0 Å². The predicted octanol–water partition coefficient (Wildman–Crippen LogP) is 2.74. The molecule has 4 rings (SSSR count). The monoisotopic (exact) mass is 363 g/mol. The van der Waals surface area contributed by atoms with Crippen molar-refractivity contribution in [1.29, 1.82) is 0 Å². The number of nitrogens with zero attached hydrogens (tertiary/aromatic N) is 6. The summed E-state index contributed by atoms with van der Waals surface area (Å²) in [7, 11) is 0. The van der Waals surface area contributed by atoms with Crippen LogP contribution in [0.4, 0.5) is 5.82 Å². The molecule has 128 valence electrons. The van der Waals surface area contributed by atoms with Crippen LogP contribution in [0.15, 0.2) is 55.4 Å². The number of anilines is 1. The van der Waals surface area contributed by atoms with Crippen LogP contribution < -0.4 is 5.32 Å². The second kappa shape index (κ2) is 6.81. The van der Waals surface area contributed by atoms with E-state index >= 15 is 0 Å². The average molecular weight is 363 g/mol. The normalized spacial score (nSPS) is 10.7. The van der Waals surface area contributed by atoms with E-state index in [-0.39, 0.29) is 5.91 Å². The molecule has 0 aliphatic carbocycles. The molecule has 1 aromatic carbocycles. The Morgan fingerprint density at radius 2 is 2.00 bits per heavy atom. The van der Waals surface area contributed by atoms with Gasteiger partial charge in [-0.15, -0.1) is 11.3 Å². The first kappa shape index (κ1) is 16.0. The van der Waals surface area contributed by atoms with Crippen molar-refractivity contribution in [3.8, 4) is 16.4 Å². The molecule has 3 aromatic heterocycles. The molecule has 0 radical (unpaired) electrons. The number of carbonyl (C=O) groups excluding carboxylic acids is 1. The number of aromatic nitrogens is 6. The number of hydrogen-bond acceptors (Lipinski definition) is 7. The van der Waals surface area contributed by atoms with E-state index in [4.69, 9.17) is 0 Å². The highest BCUT2D eigenvalue weighted by Gasteiger charge is 2.17. The SMILES string of the molecule is Cc1nc(-c2ccccc2)sc1C(=O)Nc1cc(-n2cncn2)ncn1. The number of benzene rings is 1. The first-order chi connectivity index (χ1) is 12.7. The summed E-state index contributed by atoms with van der Waals surface area (Å²) in [6, 6.07) is 11.4. The van der Waals surface area contributed by atoms with Crippen molar-refractivity contribution in [2.75, 3.05) is 5.32 Å². The zero-order valence-corrected chi connectivity index (χ0v) is 14.5. The van der Waals surface area contributed by atoms with Gasteiger partial charge >= 0.3 is 0 Å². The van der Waals surface area contributed by atoms with Crippen molar-refractivity contribution in [1.82, 2.24) is 29.7 Å². The highest BCUT2D eigenvalue weighted by atomic mass is 32.1. The third-order valence-corrected chi connectivity index (χ3v) is 4.78. The Kier molecular flexibility index (Phi) is 4.20. The molecule has 0 unspecified atom stereocenters. The van der Waals surface area contributed by atoms with Crippen LogP contribution in [0.25, 0.3) is 16.4 Å². The second-order valence-electron chi connectivity index (χ2n) is 5.36. The standard InChI is InChI=1S/C17H13N7OS/c1-11-15(26-17(22-11)12-5-3-2-4-6-12)16(25)23-13-7-14(20-9-19-13)24-10-18-8-21-24/h2-10H,1H3,(H,19,20,23,25). The van der Waals surface area contributed by atoms with Crippen LogP contribution in [-0.2, 0) is 0 Å². The Labute approximate surface area is 152 Å². The first-order valence-electron chi connectivity index (χ1n) is 7.72. The lowest BCUT2D eigenvalue weighted by Crippen LogP contribution is -2.13. The summed E-state index contributed by atoms with van der Waals surface area (Å²) < 4.78 is 1.49. The van der Waals surface area contributed by atoms with Crippen molar-refractivity contribution in [3.05, 3.63) is 66.0 Å². The summed E-state index contributed by atoms with van der Waals surface area (Å²) in [5.41, 5.74) is 1.66. The zero-order valence-electron chi connectivity index (χ0n) is 13.7. The number of rotatable bonds is 4. The fraction of sp³-hybridized carbons (Fsp3) is 0.0588. The third kappa shape index (κ3) is 3.20. The van der Waals surface area contributed by atoms with E-state index in [2.05, 4.69) is 30.4 Å². The maximum Gasteiger partial charge on any atom is 0.268 e. The molecule has 3 heterocycles. The molecule has 0 bridgehead atoms. The molecule has 4 aromatic rings. The van der Waals surface area contributed by atoms with Gasteiger partial charge in [-0.2, -0.15) is 5.10 Å². The molecule has 8 nitrogen and oxygen atoms in total. The topological polar surface area (TPSA) is 98.5 Å². The number of hydrogen-bond donors (Lipinski definition) is 1. The minimum Gasteiger partial charge on any atom is -0.306 e. The summed E-state index contributed by atoms with van der Waals surface area (Å²) in [5.74, 6) is 0.633. The lowest BCUT2D eigenvalue weighted by atomic mass is 10.2. The van der Waals surface area contributed by atoms with Crippen molar-refractivity contribution in [3.63, 3.8) is 0 Å². The summed E-state index contributed by atoms with van der Waals surface area (Å²) in [4.78, 5) is 29.8. The number of amides is 1. The Morgan fingerprint density at radius 1 is 1.15 bits per heavy atom. The van der Waals surface area contributed by atoms with E-state index in [0.29, 0.717) is 22.2 Å². The highest BCUT2D eigenvalue weighted by molar-refractivity contribution is 7.17. The number of carbonyl (C=O) groups is 1. The van der Waals surface area contributed by atoms with Gasteiger partial charge in [0.25, 0.3) is 5.91 Å². The van der Waals surface area contributed by atoms with Crippen LogP contribution in [0.3, 0.4) is 0 Å². The van der Waals surface area contributed by atoms with Gasteiger partial charge in [0.2, 0.25) is 0 Å². The van der Waals surface area contributed by atoms with E-state index in [1.165, 1.54) is 35.0 Å². The van der Waals surface area contributed by atoms with Gasteiger partial charge in [0.15, 0.2) is 5.82 Å². The van der Waals surface area contributed by atoms with Gasteiger partial charge in [0, 0.05) is 11.6 Å². The van der Waals surface area contributed by atoms with E-state index in [1.807, 2.05) is 37.3 Å². The molecular formula is C17H13N7OS. The van der Waals surface area contributed by atoms with Gasteiger partial charge in [0.1, 0.15) is 34.7 Å². The smallest absolute Gasteiger partial charge is 0.268 e. The fourth-order valence-electron chi connectivity index (χ4n) is 2.35. The number of aryl methyl sites for hydroxylation is 1. The van der Waals surface area contributed by atoms with E-state index in [9.17, 15) is 4.79 Å². The Balaban J connectivity index is 1.58. The van der Waals surface area contributed by atoms with E-state index in [1.54, 1.807) is 6.07 Å². The minimum absolute atomic E-state index is 0.259. The van der Waals surface area contributed by atoms with E-state index < -0.39 is 0 Å². The molecule has 0 atom stereocenters. The molecule has 0 saturated heterocycles. The minimum atomic E-state index is -0.259. The van der Waals surface area contributed by atoms with E-state index in [0.717, 1.165) is 10.6 Å². The van der Waals surface area contributed by atoms with Crippen LogP contribution in [-0.4, -0.2) is 35.6 Å². The van der Waals surface area contributed by atoms with Gasteiger partial charge < -0.3 is 5.32 Å². The molecule has 0 aliphatic rings.